The van der Waals surface area contributed by atoms with E-state index in [1.54, 1.807) is 42.5 Å². The van der Waals surface area contributed by atoms with E-state index in [-0.39, 0.29) is 24.0 Å². The number of ether oxygens (including phenoxy) is 2. The fourth-order valence-corrected chi connectivity index (χ4v) is 3.16. The highest BCUT2D eigenvalue weighted by atomic mass is 19.1. The summed E-state index contributed by atoms with van der Waals surface area (Å²) in [4.78, 5) is 12.7. The van der Waals surface area contributed by atoms with Crippen LogP contribution in [0.25, 0.3) is 6.08 Å². The minimum absolute atomic E-state index is 0.0986. The Bertz CT molecular complexity index is 1110. The molecule has 1 aliphatic rings. The Morgan fingerprint density at radius 2 is 1.79 bits per heavy atom. The van der Waals surface area contributed by atoms with Crippen LogP contribution in [0.15, 0.2) is 84.6 Å². The lowest BCUT2D eigenvalue weighted by atomic mass is 10.0. The lowest BCUT2D eigenvalue weighted by Crippen LogP contribution is -2.00. The molecule has 0 aliphatic carbocycles. The zero-order valence-electron chi connectivity index (χ0n) is 15.9. The van der Waals surface area contributed by atoms with Crippen molar-refractivity contribution in [2.75, 3.05) is 0 Å². The molecule has 1 aliphatic heterocycles. The molecule has 3 nitrogen and oxygen atoms in total. The first-order valence-corrected chi connectivity index (χ1v) is 9.28. The number of aryl methyl sites for hydroxylation is 1. The molecule has 0 unspecified atom stereocenters. The van der Waals surface area contributed by atoms with Gasteiger partial charge in [0.15, 0.2) is 5.76 Å². The number of carbonyl (C=O) groups excluding carboxylic acids is 1. The maximum absolute atomic E-state index is 13.8. The van der Waals surface area contributed by atoms with Crippen LogP contribution in [0.1, 0.15) is 27.0 Å². The van der Waals surface area contributed by atoms with E-state index in [4.69, 9.17) is 9.47 Å². The number of rotatable bonds is 5. The molecule has 3 aromatic rings. The summed E-state index contributed by atoms with van der Waals surface area (Å²) in [5, 5.41) is 0. The normalized spacial score (nSPS) is 14.3. The Balaban J connectivity index is 1.51. The molecular weight excluding hydrogens is 367 g/mol. The second-order valence-electron chi connectivity index (χ2n) is 6.73. The third kappa shape index (κ3) is 4.11. The van der Waals surface area contributed by atoms with Crippen LogP contribution in [0, 0.1) is 12.7 Å². The van der Waals surface area contributed by atoms with Crippen LogP contribution in [-0.2, 0) is 6.61 Å². The lowest BCUT2D eigenvalue weighted by molar-refractivity contribution is 0.101. The number of ketones is 1. The summed E-state index contributed by atoms with van der Waals surface area (Å²) >= 11 is 0. The third-order valence-electron chi connectivity index (χ3n) is 4.63. The highest BCUT2D eigenvalue weighted by Crippen LogP contribution is 2.37. The maximum Gasteiger partial charge on any atom is 0.232 e. The van der Waals surface area contributed by atoms with Gasteiger partial charge in [-0.25, -0.2) is 4.39 Å². The first-order chi connectivity index (χ1) is 14.1. The van der Waals surface area contributed by atoms with Crippen molar-refractivity contribution in [2.24, 2.45) is 0 Å². The van der Waals surface area contributed by atoms with Gasteiger partial charge < -0.3 is 9.47 Å². The molecule has 0 N–H and O–H groups in total. The second kappa shape index (κ2) is 8.15. The number of allylic oxidation sites excluding steroid dienone is 3. The molecule has 0 atom stereocenters. The topological polar surface area (TPSA) is 35.5 Å². The Kier molecular flexibility index (Phi) is 5.25. The summed E-state index contributed by atoms with van der Waals surface area (Å²) in [6.45, 7) is 1.93. The quantitative estimate of drug-likeness (QED) is 0.513. The zero-order valence-corrected chi connectivity index (χ0v) is 15.9. The third-order valence-corrected chi connectivity index (χ3v) is 4.63. The Labute approximate surface area is 168 Å². The molecule has 0 spiro atoms. The van der Waals surface area contributed by atoms with Crippen LogP contribution in [-0.4, -0.2) is 5.78 Å². The summed E-state index contributed by atoms with van der Waals surface area (Å²) in [6, 6.07) is 19.7. The molecule has 3 aromatic carbocycles. The monoisotopic (exact) mass is 386 g/mol. The van der Waals surface area contributed by atoms with E-state index in [9.17, 15) is 9.18 Å². The van der Waals surface area contributed by atoms with Crippen molar-refractivity contribution in [1.82, 2.24) is 0 Å². The summed E-state index contributed by atoms with van der Waals surface area (Å²) in [5.74, 6) is 0.779. The van der Waals surface area contributed by atoms with Gasteiger partial charge in [0, 0.05) is 11.6 Å². The number of carbonyl (C=O) groups is 1. The van der Waals surface area contributed by atoms with Crippen LogP contribution in [0.3, 0.4) is 0 Å². The number of hydrogen-bond acceptors (Lipinski definition) is 3. The van der Waals surface area contributed by atoms with Crippen molar-refractivity contribution in [3.05, 3.63) is 113 Å². The molecular formula is C25H19FO3. The SMILES string of the molecule is Cc1cc(OCc2ccccc2F)cc2c1C(=O)/C(=C/C=C/c1ccccc1)O2. The number of hydrogen-bond donors (Lipinski definition) is 0. The van der Waals surface area contributed by atoms with Gasteiger partial charge in [0.25, 0.3) is 0 Å². The molecule has 0 bridgehead atoms. The van der Waals surface area contributed by atoms with Gasteiger partial charge >= 0.3 is 0 Å². The highest BCUT2D eigenvalue weighted by Gasteiger charge is 2.29. The van der Waals surface area contributed by atoms with Gasteiger partial charge in [0.2, 0.25) is 5.78 Å². The van der Waals surface area contributed by atoms with E-state index in [0.29, 0.717) is 22.6 Å². The predicted octanol–water partition coefficient (Wildman–Crippen LogP) is 5.89. The number of fused-ring (bicyclic) bond motifs is 1. The summed E-state index contributed by atoms with van der Waals surface area (Å²) < 4.78 is 25.3. The number of benzene rings is 3. The van der Waals surface area contributed by atoms with E-state index in [0.717, 1.165) is 11.1 Å². The van der Waals surface area contributed by atoms with Gasteiger partial charge in [0.1, 0.15) is 23.9 Å². The van der Waals surface area contributed by atoms with Crippen LogP contribution in [0.2, 0.25) is 0 Å². The van der Waals surface area contributed by atoms with Crippen LogP contribution >= 0.6 is 0 Å². The largest absolute Gasteiger partial charge is 0.489 e. The van der Waals surface area contributed by atoms with Crippen LogP contribution < -0.4 is 9.47 Å². The van der Waals surface area contributed by atoms with Crippen molar-refractivity contribution in [3.63, 3.8) is 0 Å². The van der Waals surface area contributed by atoms with Crippen molar-refractivity contribution < 1.29 is 18.7 Å². The molecule has 1 heterocycles. The smallest absolute Gasteiger partial charge is 0.232 e. The highest BCUT2D eigenvalue weighted by molar-refractivity contribution is 6.13. The molecule has 0 aromatic heterocycles. The molecule has 29 heavy (non-hydrogen) atoms. The minimum Gasteiger partial charge on any atom is -0.489 e. The second-order valence-corrected chi connectivity index (χ2v) is 6.73. The van der Waals surface area contributed by atoms with Gasteiger partial charge in [-0.1, -0.05) is 60.7 Å². The van der Waals surface area contributed by atoms with Gasteiger partial charge in [-0.05, 0) is 36.3 Å². The molecule has 0 saturated carbocycles. The molecule has 4 heteroatoms. The molecule has 0 saturated heterocycles. The van der Waals surface area contributed by atoms with E-state index in [1.807, 2.05) is 43.3 Å². The zero-order chi connectivity index (χ0) is 20.2. The van der Waals surface area contributed by atoms with Crippen LogP contribution in [0.4, 0.5) is 4.39 Å². The fourth-order valence-electron chi connectivity index (χ4n) is 3.16. The molecule has 0 amide bonds. The number of halogens is 1. The predicted molar refractivity (Wildman–Crippen MR) is 110 cm³/mol. The summed E-state index contributed by atoms with van der Waals surface area (Å²) in [7, 11) is 0. The molecule has 0 radical (unpaired) electrons. The first kappa shape index (κ1) is 18.7. The fraction of sp³-hybridized carbons (Fsp3) is 0.0800. The van der Waals surface area contributed by atoms with Crippen LogP contribution in [0.5, 0.6) is 11.5 Å². The lowest BCUT2D eigenvalue weighted by Gasteiger charge is -2.09. The summed E-state index contributed by atoms with van der Waals surface area (Å²) in [6.07, 6.45) is 5.36. The average molecular weight is 386 g/mol. The van der Waals surface area contributed by atoms with Crippen molar-refractivity contribution in [2.45, 2.75) is 13.5 Å². The summed E-state index contributed by atoms with van der Waals surface area (Å²) in [5.41, 5.74) is 2.79. The Morgan fingerprint density at radius 1 is 1.03 bits per heavy atom. The van der Waals surface area contributed by atoms with E-state index < -0.39 is 0 Å². The standard InChI is InChI=1S/C25H19FO3/c1-17-14-20(28-16-19-11-5-6-12-21(19)26)15-23-24(17)25(27)22(29-23)13-7-10-18-8-3-2-4-9-18/h2-15H,16H2,1H3/b10-7+,22-13-. The van der Waals surface area contributed by atoms with E-state index >= 15 is 0 Å². The average Bonchev–Trinajstić information content (AvgIpc) is 3.04. The molecule has 144 valence electrons. The maximum atomic E-state index is 13.8. The van der Waals surface area contributed by atoms with Crippen molar-refractivity contribution >= 4 is 11.9 Å². The van der Waals surface area contributed by atoms with E-state index in [1.165, 1.54) is 6.07 Å². The van der Waals surface area contributed by atoms with E-state index in [2.05, 4.69) is 0 Å². The Hall–Kier alpha value is -3.66. The van der Waals surface area contributed by atoms with Gasteiger partial charge in [-0.3, -0.25) is 4.79 Å². The van der Waals surface area contributed by atoms with Gasteiger partial charge in [-0.15, -0.1) is 0 Å². The van der Waals surface area contributed by atoms with Crippen molar-refractivity contribution in [1.29, 1.82) is 0 Å². The first-order valence-electron chi connectivity index (χ1n) is 9.28. The molecule has 0 fully saturated rings. The number of Topliss-reactive ketones (excluding diaryl/α,β-unsaturated/α-hetero) is 1. The Morgan fingerprint density at radius 3 is 2.59 bits per heavy atom. The van der Waals surface area contributed by atoms with Crippen molar-refractivity contribution in [3.8, 4) is 11.5 Å². The molecule has 4 rings (SSSR count). The minimum atomic E-state index is -0.313. The van der Waals surface area contributed by atoms with Gasteiger partial charge in [0.05, 0.1) is 5.56 Å². The van der Waals surface area contributed by atoms with Gasteiger partial charge in [-0.2, -0.15) is 0 Å².